The van der Waals surface area contributed by atoms with Crippen molar-refractivity contribution < 1.29 is 29.2 Å². The van der Waals surface area contributed by atoms with Crippen LogP contribution in [-0.4, -0.2) is 73.0 Å². The van der Waals surface area contributed by atoms with Gasteiger partial charge in [-0.1, -0.05) is 18.2 Å². The third kappa shape index (κ3) is 4.05. The molecule has 1 aromatic carbocycles. The fourth-order valence-electron chi connectivity index (χ4n) is 4.47. The van der Waals surface area contributed by atoms with Gasteiger partial charge in [-0.15, -0.1) is 0 Å². The van der Waals surface area contributed by atoms with Crippen LogP contribution in [0.25, 0.3) is 11.2 Å². The van der Waals surface area contributed by atoms with Gasteiger partial charge in [0, 0.05) is 12.2 Å². The van der Waals surface area contributed by atoms with Crippen molar-refractivity contribution in [3.63, 3.8) is 0 Å². The fourth-order valence-corrected chi connectivity index (χ4v) is 4.47. The van der Waals surface area contributed by atoms with Crippen molar-refractivity contribution in [1.29, 1.82) is 0 Å². The molecule has 2 fully saturated rings. The first-order chi connectivity index (χ1) is 16.5. The van der Waals surface area contributed by atoms with Gasteiger partial charge in [-0.05, 0) is 38.3 Å². The Kier molecular flexibility index (Phi) is 6.28. The second-order valence-electron chi connectivity index (χ2n) is 8.62. The molecule has 0 aliphatic carbocycles. The molecule has 180 valence electrons. The standard InChI is InChI=1S/C23H27N5O6/c1-23(34-16-9-5-6-10-32-16)18(30)15(11-29)33-22(23)28-13-26-17-19(24-12-25-20(17)28)27-21(31)14-7-3-2-4-8-14/h2-4,7-8,12-13,15-16,18,22,29-30H,5-6,9-11H2,1H3,(H,24,25,27,31)/t15-,16?,18-,22-,23-/m1/s1. The van der Waals surface area contributed by atoms with Crippen molar-refractivity contribution in [3.05, 3.63) is 48.5 Å². The number of amides is 1. The number of fused-ring (bicyclic) bond motifs is 1. The molecule has 2 saturated heterocycles. The summed E-state index contributed by atoms with van der Waals surface area (Å²) >= 11 is 0. The zero-order chi connectivity index (χ0) is 23.7. The van der Waals surface area contributed by atoms with Crippen LogP contribution in [0.3, 0.4) is 0 Å². The molecule has 11 nitrogen and oxygen atoms in total. The number of benzene rings is 1. The van der Waals surface area contributed by atoms with Crippen LogP contribution < -0.4 is 5.32 Å². The number of nitrogens with one attached hydrogen (secondary N) is 1. The Morgan fingerprint density at radius 1 is 1.26 bits per heavy atom. The van der Waals surface area contributed by atoms with Crippen molar-refractivity contribution in [2.45, 2.75) is 56.5 Å². The minimum atomic E-state index is -1.25. The molecular formula is C23H27N5O6. The number of ether oxygens (including phenoxy) is 3. The van der Waals surface area contributed by atoms with Gasteiger partial charge in [0.15, 0.2) is 29.5 Å². The lowest BCUT2D eigenvalue weighted by Gasteiger charge is -2.37. The Morgan fingerprint density at radius 2 is 2.09 bits per heavy atom. The molecular weight excluding hydrogens is 442 g/mol. The van der Waals surface area contributed by atoms with Gasteiger partial charge >= 0.3 is 0 Å². The van der Waals surface area contributed by atoms with Gasteiger partial charge in [0.1, 0.15) is 24.1 Å². The number of aliphatic hydroxyl groups is 2. The van der Waals surface area contributed by atoms with Crippen LogP contribution in [0, 0.1) is 0 Å². The van der Waals surface area contributed by atoms with E-state index >= 15 is 0 Å². The van der Waals surface area contributed by atoms with Crippen LogP contribution >= 0.6 is 0 Å². The predicted molar refractivity (Wildman–Crippen MR) is 120 cm³/mol. The van der Waals surface area contributed by atoms with Crippen molar-refractivity contribution in [3.8, 4) is 0 Å². The van der Waals surface area contributed by atoms with E-state index in [1.165, 1.54) is 12.7 Å². The Bertz CT molecular complexity index is 1150. The first-order valence-corrected chi connectivity index (χ1v) is 11.3. The number of nitrogens with zero attached hydrogens (tertiary/aromatic N) is 4. The smallest absolute Gasteiger partial charge is 0.256 e. The quantitative estimate of drug-likeness (QED) is 0.491. The second-order valence-corrected chi connectivity index (χ2v) is 8.62. The normalized spacial score (nSPS) is 29.4. The number of aliphatic hydroxyl groups excluding tert-OH is 2. The lowest BCUT2D eigenvalue weighted by molar-refractivity contribution is -0.256. The predicted octanol–water partition coefficient (Wildman–Crippen LogP) is 1.63. The number of hydrogen-bond donors (Lipinski definition) is 3. The number of aromatic nitrogens is 4. The van der Waals surface area contributed by atoms with Crippen LogP contribution in [0.1, 0.15) is 42.8 Å². The lowest BCUT2D eigenvalue weighted by Crippen LogP contribution is -2.49. The summed E-state index contributed by atoms with van der Waals surface area (Å²) in [6.07, 6.45) is 2.08. The average Bonchev–Trinajstić information content (AvgIpc) is 3.39. The van der Waals surface area contributed by atoms with E-state index < -0.39 is 30.3 Å². The van der Waals surface area contributed by atoms with E-state index in [-0.39, 0.29) is 18.3 Å². The van der Waals surface area contributed by atoms with E-state index in [0.29, 0.717) is 29.8 Å². The molecule has 1 amide bonds. The van der Waals surface area contributed by atoms with Gasteiger partial charge in [-0.2, -0.15) is 0 Å². The van der Waals surface area contributed by atoms with Gasteiger partial charge < -0.3 is 29.7 Å². The van der Waals surface area contributed by atoms with E-state index in [2.05, 4.69) is 20.3 Å². The summed E-state index contributed by atoms with van der Waals surface area (Å²) in [5.41, 5.74) is -0.0288. The van der Waals surface area contributed by atoms with E-state index in [9.17, 15) is 15.0 Å². The number of rotatable bonds is 6. The summed E-state index contributed by atoms with van der Waals surface area (Å²) in [4.78, 5) is 25.6. The van der Waals surface area contributed by atoms with E-state index in [1.54, 1.807) is 35.8 Å². The number of carbonyl (C=O) groups is 1. The van der Waals surface area contributed by atoms with Crippen LogP contribution in [-0.2, 0) is 14.2 Å². The molecule has 3 aromatic rings. The lowest BCUT2D eigenvalue weighted by atomic mass is 9.95. The Balaban J connectivity index is 1.47. The van der Waals surface area contributed by atoms with E-state index in [1.807, 2.05) is 6.07 Å². The minimum Gasteiger partial charge on any atom is -0.394 e. The van der Waals surface area contributed by atoms with Crippen molar-refractivity contribution in [1.82, 2.24) is 19.5 Å². The minimum absolute atomic E-state index is 0.244. The van der Waals surface area contributed by atoms with Crippen LogP contribution in [0.2, 0.25) is 0 Å². The number of anilines is 1. The van der Waals surface area contributed by atoms with Crippen LogP contribution in [0.15, 0.2) is 43.0 Å². The molecule has 2 aromatic heterocycles. The monoisotopic (exact) mass is 469 g/mol. The highest BCUT2D eigenvalue weighted by molar-refractivity contribution is 6.06. The number of hydrogen-bond acceptors (Lipinski definition) is 9. The van der Waals surface area contributed by atoms with Gasteiger partial charge in [0.2, 0.25) is 0 Å². The molecule has 2 aliphatic heterocycles. The van der Waals surface area contributed by atoms with E-state index in [4.69, 9.17) is 14.2 Å². The van der Waals surface area contributed by atoms with Crippen molar-refractivity contribution in [2.24, 2.45) is 0 Å². The molecule has 11 heteroatoms. The third-order valence-corrected chi connectivity index (χ3v) is 6.32. The molecule has 5 atom stereocenters. The highest BCUT2D eigenvalue weighted by Gasteiger charge is 2.56. The molecule has 0 saturated carbocycles. The molecule has 0 spiro atoms. The Morgan fingerprint density at radius 3 is 2.82 bits per heavy atom. The summed E-state index contributed by atoms with van der Waals surface area (Å²) in [7, 11) is 0. The zero-order valence-electron chi connectivity index (χ0n) is 18.7. The van der Waals surface area contributed by atoms with Crippen LogP contribution in [0.5, 0.6) is 0 Å². The SMILES string of the molecule is C[C@@]1(OC2CCCCO2)[C@H](O)[C@@H](CO)O[C@H]1n1cnc2c(NC(=O)c3ccccc3)ncnc21. The van der Waals surface area contributed by atoms with Gasteiger partial charge in [-0.3, -0.25) is 9.36 Å². The molecule has 0 radical (unpaired) electrons. The summed E-state index contributed by atoms with van der Waals surface area (Å²) in [6, 6.07) is 8.78. The van der Waals surface area contributed by atoms with Gasteiger partial charge in [0.25, 0.3) is 5.91 Å². The zero-order valence-corrected chi connectivity index (χ0v) is 18.7. The number of imidazole rings is 1. The van der Waals surface area contributed by atoms with Gasteiger partial charge in [0.05, 0.1) is 12.9 Å². The number of carbonyl (C=O) groups excluding carboxylic acids is 1. The Hall–Kier alpha value is -2.96. The highest BCUT2D eigenvalue weighted by atomic mass is 16.7. The maximum Gasteiger partial charge on any atom is 0.256 e. The summed E-state index contributed by atoms with van der Waals surface area (Å²) in [5, 5.41) is 23.5. The van der Waals surface area contributed by atoms with Crippen molar-refractivity contribution >= 4 is 22.9 Å². The Labute approximate surface area is 195 Å². The molecule has 1 unspecified atom stereocenters. The van der Waals surface area contributed by atoms with Crippen LogP contribution in [0.4, 0.5) is 5.82 Å². The molecule has 3 N–H and O–H groups in total. The summed E-state index contributed by atoms with van der Waals surface area (Å²) in [5.74, 6) is -0.0845. The molecule has 4 heterocycles. The maximum absolute atomic E-state index is 12.6. The average molecular weight is 469 g/mol. The van der Waals surface area contributed by atoms with Crippen molar-refractivity contribution in [2.75, 3.05) is 18.5 Å². The largest absolute Gasteiger partial charge is 0.394 e. The first-order valence-electron chi connectivity index (χ1n) is 11.3. The molecule has 0 bridgehead atoms. The summed E-state index contributed by atoms with van der Waals surface area (Å²) < 4.78 is 19.6. The molecule has 34 heavy (non-hydrogen) atoms. The topological polar surface area (TPSA) is 141 Å². The van der Waals surface area contributed by atoms with E-state index in [0.717, 1.165) is 12.8 Å². The molecule has 2 aliphatic rings. The first kappa shape index (κ1) is 22.8. The second kappa shape index (κ2) is 9.35. The fraction of sp³-hybridized carbons (Fsp3) is 0.478. The van der Waals surface area contributed by atoms with Gasteiger partial charge in [-0.25, -0.2) is 15.0 Å². The third-order valence-electron chi connectivity index (χ3n) is 6.32. The highest BCUT2D eigenvalue weighted by Crippen LogP contribution is 2.43. The maximum atomic E-state index is 12.6. The molecule has 5 rings (SSSR count). The summed E-state index contributed by atoms with van der Waals surface area (Å²) in [6.45, 7) is 1.92.